The van der Waals surface area contributed by atoms with Crippen LogP contribution in [0, 0.1) is 0 Å². The summed E-state index contributed by atoms with van der Waals surface area (Å²) in [6.45, 7) is 1.30. The van der Waals surface area contributed by atoms with Gasteiger partial charge in [-0.25, -0.2) is 4.68 Å². The number of hydrogen-bond acceptors (Lipinski definition) is 3. The smallest absolute Gasteiger partial charge is 0.254 e. The fraction of sp³-hybridized carbons (Fsp3) is 0.273. The average Bonchev–Trinajstić information content (AvgIpc) is 3.24. The molecule has 0 radical (unpaired) electrons. The molecule has 5 nitrogen and oxygen atoms in total. The summed E-state index contributed by atoms with van der Waals surface area (Å²) in [6, 6.07) is 19.9. The Kier molecular flexibility index (Phi) is 5.03. The molecule has 1 amide bonds. The molecule has 0 aliphatic carbocycles. The number of carbonyl (C=O) groups is 1. The quantitative estimate of drug-likeness (QED) is 0.774. The predicted octanol–water partition coefficient (Wildman–Crippen LogP) is 3.49. The fourth-order valence-corrected chi connectivity index (χ4v) is 3.79. The second kappa shape index (κ2) is 7.76. The largest absolute Gasteiger partial charge is 0.334 e. The topological polar surface area (TPSA) is 64.2 Å². The molecule has 1 aliphatic heterocycles. The lowest BCUT2D eigenvalue weighted by Gasteiger charge is -2.35. The maximum atomic E-state index is 13.1. The van der Waals surface area contributed by atoms with Crippen LogP contribution in [0.1, 0.15) is 29.6 Å². The number of nitrogens with two attached hydrogens (primary N) is 1. The number of piperidine rings is 1. The summed E-state index contributed by atoms with van der Waals surface area (Å²) in [5.41, 5.74) is 9.54. The van der Waals surface area contributed by atoms with E-state index in [1.54, 1.807) is 6.20 Å². The van der Waals surface area contributed by atoms with E-state index in [0.29, 0.717) is 12.1 Å². The average molecular weight is 360 g/mol. The van der Waals surface area contributed by atoms with Crippen LogP contribution >= 0.6 is 0 Å². The summed E-state index contributed by atoms with van der Waals surface area (Å²) < 4.78 is 1.88. The van der Waals surface area contributed by atoms with E-state index in [2.05, 4.69) is 17.2 Å². The Morgan fingerprint density at radius 1 is 1.07 bits per heavy atom. The van der Waals surface area contributed by atoms with E-state index >= 15 is 0 Å². The summed E-state index contributed by atoms with van der Waals surface area (Å²) in [5.74, 6) is 0.0559. The summed E-state index contributed by atoms with van der Waals surface area (Å²) in [4.78, 5) is 15.0. The second-order valence-corrected chi connectivity index (χ2v) is 6.93. The highest BCUT2D eigenvalue weighted by atomic mass is 16.2. The van der Waals surface area contributed by atoms with Gasteiger partial charge < -0.3 is 10.6 Å². The molecular weight excluding hydrogens is 336 g/mol. The van der Waals surface area contributed by atoms with Crippen LogP contribution in [-0.4, -0.2) is 39.7 Å². The van der Waals surface area contributed by atoms with Crippen molar-refractivity contribution in [3.05, 3.63) is 72.4 Å². The third-order valence-corrected chi connectivity index (χ3v) is 5.21. The summed E-state index contributed by atoms with van der Waals surface area (Å²) in [7, 11) is 0. The first-order chi connectivity index (χ1) is 13.3. The Morgan fingerprint density at radius 3 is 2.74 bits per heavy atom. The third-order valence-electron chi connectivity index (χ3n) is 5.21. The molecule has 1 aromatic heterocycles. The number of aromatic nitrogens is 2. The van der Waals surface area contributed by atoms with Crippen LogP contribution in [0.3, 0.4) is 0 Å². The molecule has 2 aromatic carbocycles. The summed E-state index contributed by atoms with van der Waals surface area (Å²) in [5, 5.41) is 4.48. The van der Waals surface area contributed by atoms with E-state index in [-0.39, 0.29) is 11.9 Å². The zero-order valence-electron chi connectivity index (χ0n) is 15.3. The molecule has 0 bridgehead atoms. The van der Waals surface area contributed by atoms with Gasteiger partial charge in [0.2, 0.25) is 0 Å². The van der Waals surface area contributed by atoms with Gasteiger partial charge in [0.05, 0.1) is 17.6 Å². The van der Waals surface area contributed by atoms with Crippen LogP contribution in [0.4, 0.5) is 0 Å². The van der Waals surface area contributed by atoms with Crippen LogP contribution in [0.15, 0.2) is 66.9 Å². The van der Waals surface area contributed by atoms with Crippen molar-refractivity contribution in [1.29, 1.82) is 0 Å². The third kappa shape index (κ3) is 3.51. The Labute approximate surface area is 159 Å². The van der Waals surface area contributed by atoms with Crippen LogP contribution in [0.25, 0.3) is 16.9 Å². The van der Waals surface area contributed by atoms with Crippen molar-refractivity contribution in [3.63, 3.8) is 0 Å². The predicted molar refractivity (Wildman–Crippen MR) is 107 cm³/mol. The first-order valence-electron chi connectivity index (χ1n) is 9.49. The monoisotopic (exact) mass is 360 g/mol. The van der Waals surface area contributed by atoms with Crippen LogP contribution in [0.5, 0.6) is 0 Å². The lowest BCUT2D eigenvalue weighted by molar-refractivity contribution is 0.0623. The van der Waals surface area contributed by atoms with Gasteiger partial charge in [0.25, 0.3) is 5.91 Å². The minimum Gasteiger partial charge on any atom is -0.334 e. The Balaban J connectivity index is 1.66. The van der Waals surface area contributed by atoms with Crippen molar-refractivity contribution in [2.24, 2.45) is 5.73 Å². The molecule has 3 aromatic rings. The maximum Gasteiger partial charge on any atom is 0.254 e. The Bertz CT molecular complexity index is 919. The zero-order valence-corrected chi connectivity index (χ0v) is 15.3. The normalized spacial score (nSPS) is 17.1. The molecule has 1 aliphatic rings. The van der Waals surface area contributed by atoms with E-state index in [1.165, 1.54) is 0 Å². The number of nitrogens with zero attached hydrogens (tertiary/aromatic N) is 3. The minimum atomic E-state index is 0.0559. The standard InChI is InChI=1S/C22H24N4O/c23-16-20-10-4-5-14-25(20)22(27)18-9-6-11-19(15-18)26-21(12-13-24-26)17-7-2-1-3-8-17/h1-3,6-9,11-13,15,20H,4-5,10,14,16,23H2. The number of hydrogen-bond donors (Lipinski definition) is 1. The molecule has 2 N–H and O–H groups in total. The first-order valence-corrected chi connectivity index (χ1v) is 9.49. The fourth-order valence-electron chi connectivity index (χ4n) is 3.79. The molecule has 5 heteroatoms. The Hall–Kier alpha value is -2.92. The number of benzene rings is 2. The molecule has 27 heavy (non-hydrogen) atoms. The number of likely N-dealkylation sites (tertiary alicyclic amines) is 1. The van der Waals surface area contributed by atoms with Crippen LogP contribution < -0.4 is 5.73 Å². The molecule has 1 saturated heterocycles. The van der Waals surface area contributed by atoms with E-state index in [0.717, 1.165) is 42.8 Å². The number of rotatable bonds is 4. The van der Waals surface area contributed by atoms with Crippen molar-refractivity contribution < 1.29 is 4.79 Å². The van der Waals surface area contributed by atoms with E-state index in [4.69, 9.17) is 5.73 Å². The van der Waals surface area contributed by atoms with E-state index in [9.17, 15) is 4.79 Å². The first kappa shape index (κ1) is 17.5. The molecular formula is C22H24N4O. The molecule has 0 saturated carbocycles. The summed E-state index contributed by atoms with van der Waals surface area (Å²) in [6.07, 6.45) is 4.95. The van der Waals surface area contributed by atoms with Crippen molar-refractivity contribution in [2.75, 3.05) is 13.1 Å². The minimum absolute atomic E-state index is 0.0559. The van der Waals surface area contributed by atoms with Gasteiger partial charge in [0.15, 0.2) is 0 Å². The van der Waals surface area contributed by atoms with E-state index in [1.807, 2.05) is 58.1 Å². The zero-order chi connectivity index (χ0) is 18.6. The van der Waals surface area contributed by atoms with Gasteiger partial charge in [-0.2, -0.15) is 5.10 Å². The lowest BCUT2D eigenvalue weighted by atomic mass is 10.0. The lowest BCUT2D eigenvalue weighted by Crippen LogP contribution is -2.47. The van der Waals surface area contributed by atoms with Gasteiger partial charge in [-0.15, -0.1) is 0 Å². The van der Waals surface area contributed by atoms with Crippen LogP contribution in [-0.2, 0) is 0 Å². The molecule has 138 valence electrons. The highest BCUT2D eigenvalue weighted by molar-refractivity contribution is 5.95. The van der Waals surface area contributed by atoms with Gasteiger partial charge in [0.1, 0.15) is 0 Å². The van der Waals surface area contributed by atoms with Gasteiger partial charge in [-0.1, -0.05) is 36.4 Å². The summed E-state index contributed by atoms with van der Waals surface area (Å²) >= 11 is 0. The van der Waals surface area contributed by atoms with Crippen molar-refractivity contribution in [3.8, 4) is 16.9 Å². The van der Waals surface area contributed by atoms with Crippen molar-refractivity contribution in [1.82, 2.24) is 14.7 Å². The van der Waals surface area contributed by atoms with E-state index < -0.39 is 0 Å². The van der Waals surface area contributed by atoms with Crippen LogP contribution in [0.2, 0.25) is 0 Å². The van der Waals surface area contributed by atoms with Crippen molar-refractivity contribution in [2.45, 2.75) is 25.3 Å². The maximum absolute atomic E-state index is 13.1. The highest BCUT2D eigenvalue weighted by Crippen LogP contribution is 2.24. The van der Waals surface area contributed by atoms with Gasteiger partial charge in [-0.3, -0.25) is 4.79 Å². The highest BCUT2D eigenvalue weighted by Gasteiger charge is 2.26. The molecule has 1 fully saturated rings. The second-order valence-electron chi connectivity index (χ2n) is 6.93. The van der Waals surface area contributed by atoms with Gasteiger partial charge >= 0.3 is 0 Å². The molecule has 2 heterocycles. The van der Waals surface area contributed by atoms with Crippen molar-refractivity contribution >= 4 is 5.91 Å². The number of amides is 1. The SMILES string of the molecule is NCC1CCCCN1C(=O)c1cccc(-n2nccc2-c2ccccc2)c1. The molecule has 1 atom stereocenters. The molecule has 1 unspecified atom stereocenters. The Morgan fingerprint density at radius 2 is 1.93 bits per heavy atom. The van der Waals surface area contributed by atoms with Gasteiger partial charge in [-0.05, 0) is 43.5 Å². The molecule has 0 spiro atoms. The molecule has 4 rings (SSSR count). The van der Waals surface area contributed by atoms with Gasteiger partial charge in [0, 0.05) is 30.3 Å². The number of carbonyl (C=O) groups excluding carboxylic acids is 1.